The zero-order valence-corrected chi connectivity index (χ0v) is 11.7. The Balaban J connectivity index is 2.01. The molecule has 100 valence electrons. The largest absolute Gasteiger partial charge is 0.436 e. The lowest BCUT2D eigenvalue weighted by molar-refractivity contribution is 0.458. The number of ether oxygens (including phenoxy) is 1. The SMILES string of the molecule is CC(C)NCc1cnc(Oc2ccccc2Cl)cn1. The Morgan fingerprint density at radius 2 is 2.00 bits per heavy atom. The van der Waals surface area contributed by atoms with Gasteiger partial charge in [-0.25, -0.2) is 4.98 Å². The number of hydrogen-bond acceptors (Lipinski definition) is 4. The summed E-state index contributed by atoms with van der Waals surface area (Å²) in [6, 6.07) is 7.68. The molecule has 2 aromatic rings. The van der Waals surface area contributed by atoms with Crippen LogP contribution >= 0.6 is 11.6 Å². The molecule has 1 aromatic carbocycles. The summed E-state index contributed by atoms with van der Waals surface area (Å²) < 4.78 is 5.56. The Kier molecular flexibility index (Phi) is 4.71. The first-order valence-electron chi connectivity index (χ1n) is 6.12. The van der Waals surface area contributed by atoms with Crippen molar-refractivity contribution in [2.24, 2.45) is 0 Å². The van der Waals surface area contributed by atoms with Crippen molar-refractivity contribution in [2.45, 2.75) is 26.4 Å². The van der Waals surface area contributed by atoms with Gasteiger partial charge < -0.3 is 10.1 Å². The molecule has 0 fully saturated rings. The predicted octanol–water partition coefficient (Wildman–Crippen LogP) is 3.42. The summed E-state index contributed by atoms with van der Waals surface area (Å²) in [5.74, 6) is 1.01. The van der Waals surface area contributed by atoms with Gasteiger partial charge in [0.1, 0.15) is 5.75 Å². The minimum Gasteiger partial charge on any atom is -0.436 e. The van der Waals surface area contributed by atoms with Crippen LogP contribution in [0.1, 0.15) is 19.5 Å². The van der Waals surface area contributed by atoms with Crippen LogP contribution in [-0.2, 0) is 6.54 Å². The van der Waals surface area contributed by atoms with Crippen molar-refractivity contribution in [1.29, 1.82) is 0 Å². The molecule has 0 spiro atoms. The molecule has 0 saturated heterocycles. The van der Waals surface area contributed by atoms with Gasteiger partial charge in [0.25, 0.3) is 0 Å². The highest BCUT2D eigenvalue weighted by atomic mass is 35.5. The summed E-state index contributed by atoms with van der Waals surface area (Å²) in [6.07, 6.45) is 3.29. The van der Waals surface area contributed by atoms with Crippen molar-refractivity contribution in [1.82, 2.24) is 15.3 Å². The van der Waals surface area contributed by atoms with Crippen molar-refractivity contribution in [3.63, 3.8) is 0 Å². The second kappa shape index (κ2) is 6.50. The van der Waals surface area contributed by atoms with E-state index < -0.39 is 0 Å². The van der Waals surface area contributed by atoms with Gasteiger partial charge >= 0.3 is 0 Å². The maximum atomic E-state index is 6.01. The van der Waals surface area contributed by atoms with E-state index in [-0.39, 0.29) is 0 Å². The molecule has 0 aliphatic carbocycles. The highest BCUT2D eigenvalue weighted by Gasteiger charge is 2.04. The number of hydrogen-bond donors (Lipinski definition) is 1. The normalized spacial score (nSPS) is 10.7. The van der Waals surface area contributed by atoms with E-state index in [1.165, 1.54) is 0 Å². The standard InChI is InChI=1S/C14H16ClN3O/c1-10(2)16-7-11-8-18-14(9-17-11)19-13-6-4-3-5-12(13)15/h3-6,8-10,16H,7H2,1-2H3. The van der Waals surface area contributed by atoms with Crippen LogP contribution in [0.5, 0.6) is 11.6 Å². The van der Waals surface area contributed by atoms with Gasteiger partial charge in [0.15, 0.2) is 0 Å². The highest BCUT2D eigenvalue weighted by molar-refractivity contribution is 6.32. The molecule has 0 unspecified atom stereocenters. The molecule has 0 saturated carbocycles. The number of nitrogens with one attached hydrogen (secondary N) is 1. The maximum Gasteiger partial charge on any atom is 0.237 e. The van der Waals surface area contributed by atoms with Gasteiger partial charge in [-0.05, 0) is 12.1 Å². The zero-order chi connectivity index (χ0) is 13.7. The van der Waals surface area contributed by atoms with E-state index in [2.05, 4.69) is 29.1 Å². The second-order valence-corrected chi connectivity index (χ2v) is 4.82. The minimum absolute atomic E-state index is 0.417. The van der Waals surface area contributed by atoms with Gasteiger partial charge in [0.05, 0.1) is 23.1 Å². The molecule has 19 heavy (non-hydrogen) atoms. The quantitative estimate of drug-likeness (QED) is 0.910. The molecular weight excluding hydrogens is 262 g/mol. The van der Waals surface area contributed by atoms with Crippen molar-refractivity contribution in [3.8, 4) is 11.6 Å². The molecule has 0 aliphatic heterocycles. The Hall–Kier alpha value is -1.65. The lowest BCUT2D eigenvalue weighted by Crippen LogP contribution is -2.22. The van der Waals surface area contributed by atoms with E-state index in [1.807, 2.05) is 12.1 Å². The van der Waals surface area contributed by atoms with E-state index in [1.54, 1.807) is 24.5 Å². The molecule has 1 N–H and O–H groups in total. The molecule has 0 radical (unpaired) electrons. The molecular formula is C14H16ClN3O. The van der Waals surface area contributed by atoms with Gasteiger partial charge in [0.2, 0.25) is 5.88 Å². The summed E-state index contributed by atoms with van der Waals surface area (Å²) in [4.78, 5) is 8.49. The van der Waals surface area contributed by atoms with E-state index in [4.69, 9.17) is 16.3 Å². The number of halogens is 1. The average Bonchev–Trinajstić information content (AvgIpc) is 2.40. The van der Waals surface area contributed by atoms with Crippen molar-refractivity contribution in [3.05, 3.63) is 47.4 Å². The Bertz CT molecular complexity index is 528. The van der Waals surface area contributed by atoms with E-state index >= 15 is 0 Å². The summed E-state index contributed by atoms with van der Waals surface area (Å²) in [5.41, 5.74) is 0.875. The topological polar surface area (TPSA) is 47.0 Å². The van der Waals surface area contributed by atoms with Gasteiger partial charge in [-0.1, -0.05) is 37.6 Å². The van der Waals surface area contributed by atoms with Crippen LogP contribution in [0.4, 0.5) is 0 Å². The maximum absolute atomic E-state index is 6.01. The van der Waals surface area contributed by atoms with Crippen LogP contribution in [0.25, 0.3) is 0 Å². The summed E-state index contributed by atoms with van der Waals surface area (Å²) in [7, 11) is 0. The number of benzene rings is 1. The molecule has 4 nitrogen and oxygen atoms in total. The third-order valence-electron chi connectivity index (χ3n) is 2.42. The molecule has 0 atom stereocenters. The minimum atomic E-state index is 0.417. The molecule has 5 heteroatoms. The van der Waals surface area contributed by atoms with E-state index in [0.29, 0.717) is 29.2 Å². The second-order valence-electron chi connectivity index (χ2n) is 4.41. The lowest BCUT2D eigenvalue weighted by Gasteiger charge is -2.08. The van der Waals surface area contributed by atoms with Crippen LogP contribution in [0.3, 0.4) is 0 Å². The third kappa shape index (κ3) is 4.19. The first kappa shape index (κ1) is 13.8. The van der Waals surface area contributed by atoms with E-state index in [9.17, 15) is 0 Å². The van der Waals surface area contributed by atoms with Crippen LogP contribution in [-0.4, -0.2) is 16.0 Å². The highest BCUT2D eigenvalue weighted by Crippen LogP contribution is 2.27. The van der Waals surface area contributed by atoms with Crippen molar-refractivity contribution in [2.75, 3.05) is 0 Å². The molecule has 0 bridgehead atoms. The number of para-hydroxylation sites is 1. The van der Waals surface area contributed by atoms with Gasteiger partial charge in [-0.3, -0.25) is 4.98 Å². The van der Waals surface area contributed by atoms with Gasteiger partial charge in [-0.2, -0.15) is 0 Å². The monoisotopic (exact) mass is 277 g/mol. The molecule has 0 amide bonds. The Labute approximate surface area is 117 Å². The number of aromatic nitrogens is 2. The van der Waals surface area contributed by atoms with Crippen LogP contribution in [0.15, 0.2) is 36.7 Å². The first-order valence-corrected chi connectivity index (χ1v) is 6.49. The predicted molar refractivity (Wildman–Crippen MR) is 75.5 cm³/mol. The molecule has 2 rings (SSSR count). The van der Waals surface area contributed by atoms with Gasteiger partial charge in [0, 0.05) is 12.6 Å². The Morgan fingerprint density at radius 1 is 1.21 bits per heavy atom. The van der Waals surface area contributed by atoms with Crippen LogP contribution in [0, 0.1) is 0 Å². The third-order valence-corrected chi connectivity index (χ3v) is 2.74. The fraction of sp³-hybridized carbons (Fsp3) is 0.286. The number of nitrogens with zero attached hydrogens (tertiary/aromatic N) is 2. The average molecular weight is 278 g/mol. The van der Waals surface area contributed by atoms with Crippen LogP contribution < -0.4 is 10.1 Å². The van der Waals surface area contributed by atoms with Gasteiger partial charge in [-0.15, -0.1) is 0 Å². The summed E-state index contributed by atoms with van der Waals surface area (Å²) >= 11 is 6.01. The fourth-order valence-electron chi connectivity index (χ4n) is 1.44. The fourth-order valence-corrected chi connectivity index (χ4v) is 1.61. The molecule has 1 heterocycles. The molecule has 0 aliphatic rings. The summed E-state index contributed by atoms with van der Waals surface area (Å²) in [6.45, 7) is 4.86. The lowest BCUT2D eigenvalue weighted by atomic mass is 10.3. The van der Waals surface area contributed by atoms with Crippen LogP contribution in [0.2, 0.25) is 5.02 Å². The smallest absolute Gasteiger partial charge is 0.237 e. The molecule has 1 aromatic heterocycles. The van der Waals surface area contributed by atoms with E-state index in [0.717, 1.165) is 5.69 Å². The van der Waals surface area contributed by atoms with Crippen molar-refractivity contribution >= 4 is 11.6 Å². The summed E-state index contributed by atoms with van der Waals surface area (Å²) in [5, 5.41) is 3.83. The Morgan fingerprint density at radius 3 is 2.63 bits per heavy atom. The van der Waals surface area contributed by atoms with Crippen molar-refractivity contribution < 1.29 is 4.74 Å². The zero-order valence-electron chi connectivity index (χ0n) is 10.9. The number of rotatable bonds is 5. The first-order chi connectivity index (χ1) is 9.15.